The molecule has 170 valence electrons. The van der Waals surface area contributed by atoms with Gasteiger partial charge in [0.15, 0.2) is 5.96 Å². The summed E-state index contributed by atoms with van der Waals surface area (Å²) in [6, 6.07) is 9.07. The Morgan fingerprint density at radius 3 is 2.74 bits per heavy atom. The summed E-state index contributed by atoms with van der Waals surface area (Å²) in [7, 11) is 1.74. The number of pyridine rings is 1. The third kappa shape index (κ3) is 7.80. The van der Waals surface area contributed by atoms with Crippen LogP contribution in [0.3, 0.4) is 0 Å². The maximum atomic E-state index is 13.5. The zero-order valence-corrected chi connectivity index (χ0v) is 21.4. The number of aliphatic imine (C=N–C) groups is 1. The number of aromatic nitrogens is 1. The van der Waals surface area contributed by atoms with Crippen LogP contribution in [0.4, 0.5) is 10.2 Å². The Labute approximate surface area is 205 Å². The molecule has 2 aromatic rings. The number of nitrogens with zero attached hydrogens (tertiary/aromatic N) is 3. The van der Waals surface area contributed by atoms with Crippen LogP contribution in [0, 0.1) is 5.82 Å². The maximum absolute atomic E-state index is 13.5. The highest BCUT2D eigenvalue weighted by Gasteiger charge is 2.17. The molecule has 31 heavy (non-hydrogen) atoms. The van der Waals surface area contributed by atoms with E-state index in [1.54, 1.807) is 24.9 Å². The summed E-state index contributed by atoms with van der Waals surface area (Å²) in [5.41, 5.74) is 3.15. The van der Waals surface area contributed by atoms with Crippen molar-refractivity contribution in [3.8, 4) is 0 Å². The SMILES string of the molecule is CN=C(NCc1ccc(N2CCOC(C)C2)nc1)NCc1ccc(F)cc1CSC.I. The largest absolute Gasteiger partial charge is 0.375 e. The van der Waals surface area contributed by atoms with E-state index in [4.69, 9.17) is 4.74 Å². The van der Waals surface area contributed by atoms with Gasteiger partial charge in [0.1, 0.15) is 11.6 Å². The van der Waals surface area contributed by atoms with Crippen LogP contribution in [0.1, 0.15) is 23.6 Å². The fourth-order valence-electron chi connectivity index (χ4n) is 3.38. The molecule has 0 bridgehead atoms. The number of anilines is 1. The van der Waals surface area contributed by atoms with Crippen LogP contribution in [-0.2, 0) is 23.6 Å². The Bertz CT molecular complexity index is 852. The van der Waals surface area contributed by atoms with Crippen molar-refractivity contribution in [1.82, 2.24) is 15.6 Å². The summed E-state index contributed by atoms with van der Waals surface area (Å²) in [6.45, 7) is 5.76. The standard InChI is InChI=1S/C22H30FN5OS.HI/c1-16-14-28(8-9-29-16)21-7-4-17(11-25-21)12-26-22(24-2)27-13-18-5-6-20(23)10-19(18)15-30-3;/h4-7,10-11,16H,8-9,12-15H2,1-3H3,(H2,24,26,27);1H. The summed E-state index contributed by atoms with van der Waals surface area (Å²) < 4.78 is 19.1. The van der Waals surface area contributed by atoms with Crippen molar-refractivity contribution in [1.29, 1.82) is 0 Å². The molecule has 0 radical (unpaired) electrons. The van der Waals surface area contributed by atoms with E-state index in [1.807, 2.05) is 18.5 Å². The topological polar surface area (TPSA) is 61.8 Å². The Morgan fingerprint density at radius 1 is 1.26 bits per heavy atom. The highest BCUT2D eigenvalue weighted by atomic mass is 127. The second kappa shape index (κ2) is 13.1. The first-order valence-electron chi connectivity index (χ1n) is 10.1. The van der Waals surface area contributed by atoms with E-state index >= 15 is 0 Å². The number of hydrogen-bond acceptors (Lipinski definition) is 5. The van der Waals surface area contributed by atoms with E-state index in [9.17, 15) is 4.39 Å². The van der Waals surface area contributed by atoms with Crippen LogP contribution < -0.4 is 15.5 Å². The number of guanidine groups is 1. The van der Waals surface area contributed by atoms with Crippen molar-refractivity contribution in [3.63, 3.8) is 0 Å². The van der Waals surface area contributed by atoms with Crippen LogP contribution in [0.2, 0.25) is 0 Å². The summed E-state index contributed by atoms with van der Waals surface area (Å²) in [6.07, 6.45) is 4.14. The molecule has 0 aliphatic carbocycles. The Hall–Kier alpha value is -1.59. The predicted molar refractivity (Wildman–Crippen MR) is 138 cm³/mol. The van der Waals surface area contributed by atoms with Gasteiger partial charge in [-0.1, -0.05) is 12.1 Å². The molecule has 2 N–H and O–H groups in total. The molecular weight excluding hydrogens is 528 g/mol. The first kappa shape index (κ1) is 25.7. The van der Waals surface area contributed by atoms with Crippen LogP contribution in [-0.4, -0.2) is 50.0 Å². The quantitative estimate of drug-likeness (QED) is 0.306. The van der Waals surface area contributed by atoms with Gasteiger partial charge in [-0.3, -0.25) is 4.99 Å². The monoisotopic (exact) mass is 559 g/mol. The summed E-state index contributed by atoms with van der Waals surface area (Å²) in [4.78, 5) is 11.1. The molecule has 1 unspecified atom stereocenters. The molecule has 1 saturated heterocycles. The van der Waals surface area contributed by atoms with E-state index in [0.717, 1.165) is 48.0 Å². The highest BCUT2D eigenvalue weighted by Crippen LogP contribution is 2.17. The van der Waals surface area contributed by atoms with E-state index in [-0.39, 0.29) is 35.9 Å². The zero-order valence-electron chi connectivity index (χ0n) is 18.2. The van der Waals surface area contributed by atoms with E-state index < -0.39 is 0 Å². The second-order valence-electron chi connectivity index (χ2n) is 7.28. The Morgan fingerprint density at radius 2 is 2.06 bits per heavy atom. The van der Waals surface area contributed by atoms with Crippen LogP contribution >= 0.6 is 35.7 Å². The molecule has 1 aliphatic heterocycles. The molecular formula is C22H31FIN5OS. The summed E-state index contributed by atoms with van der Waals surface area (Å²) >= 11 is 1.68. The molecule has 1 aromatic carbocycles. The average molecular weight is 559 g/mol. The summed E-state index contributed by atoms with van der Waals surface area (Å²) in [5, 5.41) is 6.62. The molecule has 0 amide bonds. The van der Waals surface area contributed by atoms with E-state index in [1.165, 1.54) is 6.07 Å². The number of hydrogen-bond donors (Lipinski definition) is 2. The molecule has 3 rings (SSSR count). The molecule has 1 aliphatic rings. The van der Waals surface area contributed by atoms with Crippen LogP contribution in [0.15, 0.2) is 41.5 Å². The fraction of sp³-hybridized carbons (Fsp3) is 0.455. The zero-order chi connectivity index (χ0) is 21.3. The molecule has 0 saturated carbocycles. The van der Waals surface area contributed by atoms with Gasteiger partial charge >= 0.3 is 0 Å². The number of rotatable bonds is 7. The third-order valence-corrected chi connectivity index (χ3v) is 5.57. The van der Waals surface area contributed by atoms with Gasteiger partial charge in [-0.05, 0) is 48.1 Å². The van der Waals surface area contributed by atoms with Crippen LogP contribution in [0.25, 0.3) is 0 Å². The van der Waals surface area contributed by atoms with Gasteiger partial charge < -0.3 is 20.3 Å². The predicted octanol–water partition coefficient (Wildman–Crippen LogP) is 3.79. The van der Waals surface area contributed by atoms with Crippen molar-refractivity contribution < 1.29 is 9.13 Å². The third-order valence-electron chi connectivity index (χ3n) is 4.97. The minimum atomic E-state index is -0.201. The van der Waals surface area contributed by atoms with Crippen molar-refractivity contribution >= 4 is 47.5 Å². The first-order valence-corrected chi connectivity index (χ1v) is 11.5. The lowest BCUT2D eigenvalue weighted by atomic mass is 10.1. The smallest absolute Gasteiger partial charge is 0.191 e. The van der Waals surface area contributed by atoms with E-state index in [2.05, 4.69) is 44.6 Å². The molecule has 0 spiro atoms. The molecule has 2 heterocycles. The lowest BCUT2D eigenvalue weighted by Crippen LogP contribution is -2.41. The van der Waals surface area contributed by atoms with Crippen molar-refractivity contribution in [2.75, 3.05) is 37.9 Å². The first-order chi connectivity index (χ1) is 14.6. The fourth-order valence-corrected chi connectivity index (χ4v) is 3.96. The van der Waals surface area contributed by atoms with Crippen molar-refractivity contribution in [2.24, 2.45) is 4.99 Å². The highest BCUT2D eigenvalue weighted by molar-refractivity contribution is 14.0. The molecule has 9 heteroatoms. The number of thioether (sulfide) groups is 1. The van der Waals surface area contributed by atoms with Crippen molar-refractivity contribution in [2.45, 2.75) is 31.9 Å². The van der Waals surface area contributed by atoms with Gasteiger partial charge in [0.05, 0.1) is 12.7 Å². The average Bonchev–Trinajstić information content (AvgIpc) is 2.75. The minimum Gasteiger partial charge on any atom is -0.375 e. The van der Waals surface area contributed by atoms with Gasteiger partial charge in [-0.25, -0.2) is 9.37 Å². The van der Waals surface area contributed by atoms with E-state index in [0.29, 0.717) is 19.0 Å². The van der Waals surface area contributed by atoms with Crippen LogP contribution in [0.5, 0.6) is 0 Å². The molecule has 1 atom stereocenters. The van der Waals surface area contributed by atoms with Gasteiger partial charge in [0.25, 0.3) is 0 Å². The second-order valence-corrected chi connectivity index (χ2v) is 8.14. The number of benzene rings is 1. The normalized spacial score (nSPS) is 16.6. The van der Waals surface area contributed by atoms with Gasteiger partial charge in [-0.2, -0.15) is 11.8 Å². The molecule has 6 nitrogen and oxygen atoms in total. The minimum absolute atomic E-state index is 0. The lowest BCUT2D eigenvalue weighted by Gasteiger charge is -2.32. The van der Waals surface area contributed by atoms with Gasteiger partial charge in [0.2, 0.25) is 0 Å². The number of nitrogens with one attached hydrogen (secondary N) is 2. The van der Waals surface area contributed by atoms with Gasteiger partial charge in [0, 0.05) is 45.2 Å². The lowest BCUT2D eigenvalue weighted by molar-refractivity contribution is 0.0529. The number of halogens is 2. The molecule has 1 fully saturated rings. The van der Waals surface area contributed by atoms with Crippen molar-refractivity contribution in [3.05, 3.63) is 59.0 Å². The maximum Gasteiger partial charge on any atom is 0.191 e. The Kier molecular flexibility index (Phi) is 10.8. The van der Waals surface area contributed by atoms with Gasteiger partial charge in [-0.15, -0.1) is 24.0 Å². The summed E-state index contributed by atoms with van der Waals surface area (Å²) in [5.74, 6) is 2.25. The molecule has 1 aromatic heterocycles. The number of ether oxygens (including phenoxy) is 1. The number of morpholine rings is 1. The Balaban J connectivity index is 0.00000341.